The van der Waals surface area contributed by atoms with E-state index >= 15 is 0 Å². The molecule has 2 nitrogen and oxygen atoms in total. The number of nitrogens with two attached hydrogens (primary N) is 1. The second kappa shape index (κ2) is 2.79. The maximum absolute atomic E-state index is 5.78. The molecule has 0 saturated carbocycles. The number of rotatable bonds is 1. The lowest BCUT2D eigenvalue weighted by atomic mass is 10.1. The molecule has 0 saturated heterocycles. The Morgan fingerprint density at radius 3 is 3.08 bits per heavy atom. The summed E-state index contributed by atoms with van der Waals surface area (Å²) in [6.07, 6.45) is 1.15. The lowest BCUT2D eigenvalue weighted by Crippen LogP contribution is -2.04. The molecular weight excluding hydrogens is 148 g/mol. The van der Waals surface area contributed by atoms with Gasteiger partial charge in [-0.05, 0) is 30.5 Å². The molecule has 3 N–H and O–H groups in total. The van der Waals surface area contributed by atoms with E-state index in [1.54, 1.807) is 0 Å². The number of hydrogen-bond acceptors (Lipinski definition) is 2. The van der Waals surface area contributed by atoms with Crippen LogP contribution in [0.15, 0.2) is 18.2 Å². The lowest BCUT2D eigenvalue weighted by Gasteiger charge is -2.07. The Bertz CT molecular complexity index is 292. The third-order valence-electron chi connectivity index (χ3n) is 2.37. The number of benzene rings is 1. The van der Waals surface area contributed by atoms with Crippen molar-refractivity contribution in [1.29, 1.82) is 0 Å². The molecule has 1 heterocycles. The summed E-state index contributed by atoms with van der Waals surface area (Å²) in [6.45, 7) is 3.08. The van der Waals surface area contributed by atoms with Gasteiger partial charge in [0, 0.05) is 18.3 Å². The van der Waals surface area contributed by atoms with Crippen LogP contribution in [0.2, 0.25) is 0 Å². The quantitative estimate of drug-likeness (QED) is 0.659. The Morgan fingerprint density at radius 2 is 2.33 bits per heavy atom. The van der Waals surface area contributed by atoms with Crippen molar-refractivity contribution in [3.63, 3.8) is 0 Å². The summed E-state index contributed by atoms with van der Waals surface area (Å²) in [6, 6.07) is 6.59. The fourth-order valence-corrected chi connectivity index (χ4v) is 1.59. The van der Waals surface area contributed by atoms with Crippen LogP contribution in [-0.2, 0) is 6.42 Å². The predicted molar refractivity (Wildman–Crippen MR) is 51.2 cm³/mol. The Kier molecular flexibility index (Phi) is 1.77. The molecule has 64 valence electrons. The molecule has 1 unspecified atom stereocenters. The van der Waals surface area contributed by atoms with Crippen molar-refractivity contribution < 1.29 is 0 Å². The zero-order valence-electron chi connectivity index (χ0n) is 7.30. The summed E-state index contributed by atoms with van der Waals surface area (Å²) in [5.41, 5.74) is 9.68. The average Bonchev–Trinajstić information content (AvgIpc) is 2.49. The summed E-state index contributed by atoms with van der Waals surface area (Å²) >= 11 is 0. The van der Waals surface area contributed by atoms with Gasteiger partial charge in [0.05, 0.1) is 0 Å². The van der Waals surface area contributed by atoms with Gasteiger partial charge in [0.2, 0.25) is 0 Å². The van der Waals surface area contributed by atoms with Crippen LogP contribution in [0.3, 0.4) is 0 Å². The van der Waals surface area contributed by atoms with Gasteiger partial charge in [-0.1, -0.05) is 12.1 Å². The molecule has 1 aliphatic rings. The van der Waals surface area contributed by atoms with Crippen LogP contribution < -0.4 is 11.1 Å². The first-order valence-electron chi connectivity index (χ1n) is 4.39. The first kappa shape index (κ1) is 7.62. The second-order valence-electron chi connectivity index (χ2n) is 3.38. The summed E-state index contributed by atoms with van der Waals surface area (Å²) < 4.78 is 0. The van der Waals surface area contributed by atoms with Crippen molar-refractivity contribution in [1.82, 2.24) is 0 Å². The molecule has 0 aliphatic carbocycles. The Hall–Kier alpha value is -1.02. The molecule has 1 aliphatic heterocycles. The maximum atomic E-state index is 5.78. The van der Waals surface area contributed by atoms with Gasteiger partial charge in [-0.3, -0.25) is 0 Å². The molecule has 0 spiro atoms. The third-order valence-corrected chi connectivity index (χ3v) is 2.37. The number of hydrogen-bond donors (Lipinski definition) is 2. The van der Waals surface area contributed by atoms with Gasteiger partial charge in [-0.15, -0.1) is 0 Å². The molecule has 0 radical (unpaired) electrons. The summed E-state index contributed by atoms with van der Waals surface area (Å²) in [4.78, 5) is 0. The van der Waals surface area contributed by atoms with E-state index in [4.69, 9.17) is 5.73 Å². The fraction of sp³-hybridized carbons (Fsp3) is 0.400. The molecule has 1 aromatic carbocycles. The minimum Gasteiger partial charge on any atom is -0.384 e. The van der Waals surface area contributed by atoms with Crippen molar-refractivity contribution >= 4 is 5.69 Å². The average molecular weight is 162 g/mol. The molecule has 2 heteroatoms. The van der Waals surface area contributed by atoms with E-state index < -0.39 is 0 Å². The van der Waals surface area contributed by atoms with E-state index in [2.05, 4.69) is 23.5 Å². The minimum absolute atomic E-state index is 0.137. The van der Waals surface area contributed by atoms with Gasteiger partial charge in [-0.25, -0.2) is 0 Å². The number of nitrogens with one attached hydrogen (secondary N) is 1. The van der Waals surface area contributed by atoms with Crippen molar-refractivity contribution in [3.8, 4) is 0 Å². The number of fused-ring (bicyclic) bond motifs is 1. The monoisotopic (exact) mass is 162 g/mol. The topological polar surface area (TPSA) is 38.0 Å². The van der Waals surface area contributed by atoms with Crippen LogP contribution in [0.1, 0.15) is 24.1 Å². The zero-order valence-corrected chi connectivity index (χ0v) is 7.30. The summed E-state index contributed by atoms with van der Waals surface area (Å²) in [7, 11) is 0. The Balaban J connectivity index is 2.39. The first-order valence-corrected chi connectivity index (χ1v) is 4.39. The van der Waals surface area contributed by atoms with Crippen LogP contribution in [0.4, 0.5) is 5.69 Å². The van der Waals surface area contributed by atoms with Crippen LogP contribution in [0.25, 0.3) is 0 Å². The molecule has 0 aromatic heterocycles. The molecule has 1 aromatic rings. The van der Waals surface area contributed by atoms with E-state index in [1.807, 2.05) is 6.92 Å². The van der Waals surface area contributed by atoms with E-state index in [1.165, 1.54) is 16.8 Å². The smallest absolute Gasteiger partial charge is 0.0376 e. The van der Waals surface area contributed by atoms with E-state index in [9.17, 15) is 0 Å². The van der Waals surface area contributed by atoms with Crippen LogP contribution in [0, 0.1) is 0 Å². The summed E-state index contributed by atoms with van der Waals surface area (Å²) in [5, 5.41) is 3.34. The molecular formula is C10H14N2. The number of anilines is 1. The van der Waals surface area contributed by atoms with Gasteiger partial charge in [0.1, 0.15) is 0 Å². The van der Waals surface area contributed by atoms with Crippen molar-refractivity contribution in [2.75, 3.05) is 11.9 Å². The highest BCUT2D eigenvalue weighted by Gasteiger charge is 2.10. The van der Waals surface area contributed by atoms with Crippen LogP contribution in [0.5, 0.6) is 0 Å². The molecule has 2 rings (SSSR count). The van der Waals surface area contributed by atoms with Gasteiger partial charge >= 0.3 is 0 Å². The minimum atomic E-state index is 0.137. The third kappa shape index (κ3) is 1.18. The maximum Gasteiger partial charge on any atom is 0.0376 e. The predicted octanol–water partition coefficient (Wildman–Crippen LogP) is 1.67. The molecule has 12 heavy (non-hydrogen) atoms. The largest absolute Gasteiger partial charge is 0.384 e. The lowest BCUT2D eigenvalue weighted by molar-refractivity contribution is 0.818. The Morgan fingerprint density at radius 1 is 1.50 bits per heavy atom. The van der Waals surface area contributed by atoms with Gasteiger partial charge < -0.3 is 11.1 Å². The normalized spacial score (nSPS) is 16.8. The summed E-state index contributed by atoms with van der Waals surface area (Å²) in [5.74, 6) is 0. The van der Waals surface area contributed by atoms with Crippen molar-refractivity contribution in [2.45, 2.75) is 19.4 Å². The SMILES string of the molecule is CC(N)c1ccc2c(c1)NCC2. The standard InChI is InChI=1S/C10H14N2/c1-7(11)9-3-2-8-4-5-12-10(8)6-9/h2-3,6-7,12H,4-5,11H2,1H3. The second-order valence-corrected chi connectivity index (χ2v) is 3.38. The van der Waals surface area contributed by atoms with E-state index in [0.29, 0.717) is 0 Å². The van der Waals surface area contributed by atoms with Crippen molar-refractivity contribution in [2.24, 2.45) is 5.73 Å². The van der Waals surface area contributed by atoms with Gasteiger partial charge in [-0.2, -0.15) is 0 Å². The van der Waals surface area contributed by atoms with Gasteiger partial charge in [0.15, 0.2) is 0 Å². The van der Waals surface area contributed by atoms with Crippen LogP contribution >= 0.6 is 0 Å². The molecule has 0 amide bonds. The van der Waals surface area contributed by atoms with Crippen molar-refractivity contribution in [3.05, 3.63) is 29.3 Å². The molecule has 0 bridgehead atoms. The van der Waals surface area contributed by atoms with Gasteiger partial charge in [0.25, 0.3) is 0 Å². The molecule has 0 fully saturated rings. The first-order chi connectivity index (χ1) is 5.77. The highest BCUT2D eigenvalue weighted by atomic mass is 14.9. The fourth-order valence-electron chi connectivity index (χ4n) is 1.59. The Labute approximate surface area is 72.8 Å². The van der Waals surface area contributed by atoms with E-state index in [0.717, 1.165) is 13.0 Å². The highest BCUT2D eigenvalue weighted by Crippen LogP contribution is 2.25. The van der Waals surface area contributed by atoms with Crippen LogP contribution in [-0.4, -0.2) is 6.54 Å². The highest BCUT2D eigenvalue weighted by molar-refractivity contribution is 5.57. The zero-order chi connectivity index (χ0) is 8.55. The molecule has 1 atom stereocenters. The van der Waals surface area contributed by atoms with E-state index in [-0.39, 0.29) is 6.04 Å².